The van der Waals surface area contributed by atoms with Gasteiger partial charge in [-0.1, -0.05) is 20.3 Å². The number of hydrogen-bond acceptors (Lipinski definition) is 9. The Kier molecular flexibility index (Phi) is 15.0. The summed E-state index contributed by atoms with van der Waals surface area (Å²) in [5.41, 5.74) is 5.52. The quantitative estimate of drug-likeness (QED) is 0.101. The maximum atomic E-state index is 12.7. The van der Waals surface area contributed by atoms with Crippen molar-refractivity contribution >= 4 is 60.8 Å². The Balaban J connectivity index is 4.84. The first-order chi connectivity index (χ1) is 15.9. The second-order valence-corrected chi connectivity index (χ2v) is 8.26. The average molecular weight is 523 g/mol. The lowest BCUT2D eigenvalue weighted by molar-refractivity contribution is -0.141. The molecule has 0 fully saturated rings. The normalized spacial score (nSPS) is 15.0. The van der Waals surface area contributed by atoms with Gasteiger partial charge in [0, 0.05) is 11.5 Å². The molecule has 15 heteroatoms. The van der Waals surface area contributed by atoms with Crippen molar-refractivity contribution in [2.45, 2.75) is 51.4 Å². The third kappa shape index (κ3) is 11.6. The van der Waals surface area contributed by atoms with Gasteiger partial charge in [-0.15, -0.1) is 0 Å². The standard InChI is InChI=1S/C19H34N6O7S2/c1-4-9(2)15(25-14(27)6-22-17(29)11(20)7-33)18(30)23-10(3)16(28)21-5-13(26)24-12(8-34)19(31)32/h9-12,15,33-34H,4-8,20H2,1-3H3,(H,21,28)(H,22,29)(H,23,30)(H,24,26)(H,25,27)(H,31,32)/t9-,10-,11-,12-,15-/m0/s1. The van der Waals surface area contributed by atoms with Crippen molar-refractivity contribution in [3.63, 3.8) is 0 Å². The average Bonchev–Trinajstić information content (AvgIpc) is 2.80. The fourth-order valence-electron chi connectivity index (χ4n) is 2.43. The second kappa shape index (κ2) is 16.2. The summed E-state index contributed by atoms with van der Waals surface area (Å²) in [4.78, 5) is 71.5. The summed E-state index contributed by atoms with van der Waals surface area (Å²) in [7, 11) is 0. The van der Waals surface area contributed by atoms with Crippen LogP contribution in [0.2, 0.25) is 0 Å². The van der Waals surface area contributed by atoms with E-state index in [2.05, 4.69) is 51.8 Å². The third-order valence-electron chi connectivity index (χ3n) is 4.76. The zero-order valence-electron chi connectivity index (χ0n) is 19.3. The summed E-state index contributed by atoms with van der Waals surface area (Å²) in [6, 6.07) is -4.13. The van der Waals surface area contributed by atoms with Gasteiger partial charge >= 0.3 is 5.97 Å². The van der Waals surface area contributed by atoms with Gasteiger partial charge in [0.15, 0.2) is 0 Å². The molecule has 0 aromatic carbocycles. The first-order valence-electron chi connectivity index (χ1n) is 10.5. The van der Waals surface area contributed by atoms with E-state index in [1.165, 1.54) is 6.92 Å². The lowest BCUT2D eigenvalue weighted by atomic mass is 9.98. The van der Waals surface area contributed by atoms with E-state index in [0.29, 0.717) is 6.42 Å². The Morgan fingerprint density at radius 2 is 1.35 bits per heavy atom. The molecule has 0 saturated heterocycles. The first kappa shape index (κ1) is 31.5. The van der Waals surface area contributed by atoms with Crippen LogP contribution < -0.4 is 32.3 Å². The molecule has 8 N–H and O–H groups in total. The summed E-state index contributed by atoms with van der Waals surface area (Å²) in [5.74, 6) is -4.83. The van der Waals surface area contributed by atoms with Crippen LogP contribution in [0.4, 0.5) is 0 Å². The van der Waals surface area contributed by atoms with Crippen LogP contribution >= 0.6 is 25.3 Å². The van der Waals surface area contributed by atoms with E-state index < -0.39 is 72.8 Å². The van der Waals surface area contributed by atoms with Gasteiger partial charge < -0.3 is 37.4 Å². The zero-order chi connectivity index (χ0) is 26.4. The van der Waals surface area contributed by atoms with Crippen molar-refractivity contribution in [2.75, 3.05) is 24.6 Å². The van der Waals surface area contributed by atoms with Crippen molar-refractivity contribution in [3.05, 3.63) is 0 Å². The van der Waals surface area contributed by atoms with Crippen molar-refractivity contribution in [3.8, 4) is 0 Å². The maximum absolute atomic E-state index is 12.7. The lowest BCUT2D eigenvalue weighted by Gasteiger charge is -2.25. The molecule has 0 aliphatic heterocycles. The Hall–Kier alpha value is -2.52. The number of amides is 5. The Bertz CT molecular complexity index is 755. The van der Waals surface area contributed by atoms with Crippen LogP contribution in [0.15, 0.2) is 0 Å². The molecular formula is C19H34N6O7S2. The molecule has 5 atom stereocenters. The van der Waals surface area contributed by atoms with E-state index in [1.807, 2.05) is 6.92 Å². The summed E-state index contributed by atoms with van der Waals surface area (Å²) in [6.45, 7) is 4.03. The number of aliphatic carboxylic acids is 1. The van der Waals surface area contributed by atoms with Gasteiger partial charge in [-0.2, -0.15) is 25.3 Å². The zero-order valence-corrected chi connectivity index (χ0v) is 21.1. The monoisotopic (exact) mass is 522 g/mol. The predicted octanol–water partition coefficient (Wildman–Crippen LogP) is -2.99. The summed E-state index contributed by atoms with van der Waals surface area (Å²) in [6.07, 6.45) is 0.534. The molecule has 0 radical (unpaired) electrons. The van der Waals surface area contributed by atoms with Crippen molar-refractivity contribution in [2.24, 2.45) is 11.7 Å². The predicted molar refractivity (Wildman–Crippen MR) is 130 cm³/mol. The number of nitrogens with two attached hydrogens (primary N) is 1. The molecule has 0 bridgehead atoms. The van der Waals surface area contributed by atoms with E-state index in [-0.39, 0.29) is 17.4 Å². The maximum Gasteiger partial charge on any atom is 0.327 e. The van der Waals surface area contributed by atoms with E-state index in [1.54, 1.807) is 6.92 Å². The SMILES string of the molecule is CC[C@H](C)[C@H](NC(=O)CNC(=O)[C@@H](N)CS)C(=O)N[C@@H](C)C(=O)NCC(=O)N[C@@H](CS)C(=O)O. The molecule has 0 aliphatic rings. The molecule has 0 aromatic rings. The van der Waals surface area contributed by atoms with Gasteiger partial charge in [0.2, 0.25) is 29.5 Å². The summed E-state index contributed by atoms with van der Waals surface area (Å²) >= 11 is 7.72. The highest BCUT2D eigenvalue weighted by atomic mass is 32.1. The molecule has 5 amide bonds. The van der Waals surface area contributed by atoms with Gasteiger partial charge in [-0.3, -0.25) is 24.0 Å². The topological polar surface area (TPSA) is 209 Å². The van der Waals surface area contributed by atoms with Crippen LogP contribution in [0, 0.1) is 5.92 Å². The molecule has 194 valence electrons. The van der Waals surface area contributed by atoms with E-state index >= 15 is 0 Å². The van der Waals surface area contributed by atoms with Crippen molar-refractivity contribution in [1.29, 1.82) is 0 Å². The number of carbonyl (C=O) groups excluding carboxylic acids is 5. The highest BCUT2D eigenvalue weighted by Gasteiger charge is 2.29. The number of carboxylic acid groups (broad SMARTS) is 1. The van der Waals surface area contributed by atoms with Crippen molar-refractivity contribution in [1.82, 2.24) is 26.6 Å². The molecule has 0 spiro atoms. The smallest absolute Gasteiger partial charge is 0.327 e. The number of carboxylic acids is 1. The first-order valence-corrected chi connectivity index (χ1v) is 11.8. The fourth-order valence-corrected chi connectivity index (χ4v) is 2.84. The number of thiol groups is 2. The molecule has 34 heavy (non-hydrogen) atoms. The van der Waals surface area contributed by atoms with E-state index in [0.717, 1.165) is 0 Å². The molecule has 0 unspecified atom stereocenters. The number of carbonyl (C=O) groups is 6. The van der Waals surface area contributed by atoms with E-state index in [9.17, 15) is 28.8 Å². The molecule has 0 aliphatic carbocycles. The van der Waals surface area contributed by atoms with Gasteiger partial charge in [-0.05, 0) is 12.8 Å². The van der Waals surface area contributed by atoms with Crippen LogP contribution in [0.3, 0.4) is 0 Å². The molecule has 0 saturated carbocycles. The molecule has 0 heterocycles. The minimum Gasteiger partial charge on any atom is -0.480 e. The second-order valence-electron chi connectivity index (χ2n) is 7.53. The minimum atomic E-state index is -1.27. The number of rotatable bonds is 15. The molecule has 0 aromatic heterocycles. The lowest BCUT2D eigenvalue weighted by Crippen LogP contribution is -2.57. The molecular weight excluding hydrogens is 488 g/mol. The summed E-state index contributed by atoms with van der Waals surface area (Å²) in [5, 5.41) is 20.7. The van der Waals surface area contributed by atoms with E-state index in [4.69, 9.17) is 10.8 Å². The van der Waals surface area contributed by atoms with Gasteiger partial charge in [0.1, 0.15) is 18.1 Å². The van der Waals surface area contributed by atoms with Crippen LogP contribution in [0.25, 0.3) is 0 Å². The molecule has 0 rings (SSSR count). The minimum absolute atomic E-state index is 0.0995. The highest BCUT2D eigenvalue weighted by Crippen LogP contribution is 2.08. The summed E-state index contributed by atoms with van der Waals surface area (Å²) < 4.78 is 0. The Morgan fingerprint density at radius 1 is 0.824 bits per heavy atom. The fraction of sp³-hybridized carbons (Fsp3) is 0.684. The number of nitrogens with one attached hydrogen (secondary N) is 5. The van der Waals surface area contributed by atoms with Gasteiger partial charge in [0.05, 0.1) is 19.1 Å². The van der Waals surface area contributed by atoms with Gasteiger partial charge in [0.25, 0.3) is 0 Å². The van der Waals surface area contributed by atoms with Gasteiger partial charge in [-0.25, -0.2) is 4.79 Å². The Morgan fingerprint density at radius 3 is 1.82 bits per heavy atom. The largest absolute Gasteiger partial charge is 0.480 e. The van der Waals surface area contributed by atoms with Crippen molar-refractivity contribution < 1.29 is 33.9 Å². The molecule has 13 nitrogen and oxygen atoms in total. The van der Waals surface area contributed by atoms with Crippen LogP contribution in [-0.2, 0) is 28.8 Å². The number of hydrogen-bond donors (Lipinski definition) is 9. The van der Waals surface area contributed by atoms with Crippen LogP contribution in [0.1, 0.15) is 27.2 Å². The Labute approximate surface area is 208 Å². The van der Waals surface area contributed by atoms with Crippen LogP contribution in [-0.4, -0.2) is 89.4 Å². The third-order valence-corrected chi connectivity index (χ3v) is 5.52. The van der Waals surface area contributed by atoms with Crippen LogP contribution in [0.5, 0.6) is 0 Å². The highest BCUT2D eigenvalue weighted by molar-refractivity contribution is 7.80.